The van der Waals surface area contributed by atoms with Crippen molar-refractivity contribution in [2.24, 2.45) is 5.22 Å². The van der Waals surface area contributed by atoms with Gasteiger partial charge in [-0.05, 0) is 30.3 Å². The highest BCUT2D eigenvalue weighted by Crippen LogP contribution is 2.23. The zero-order valence-corrected chi connectivity index (χ0v) is 12.9. The Morgan fingerprint density at radius 1 is 1.32 bits per heavy atom. The number of pyridine rings is 1. The molecule has 1 aliphatic rings. The van der Waals surface area contributed by atoms with E-state index in [-0.39, 0.29) is 12.5 Å². The Bertz CT molecular complexity index is 1010. The molecule has 0 bridgehead atoms. The van der Waals surface area contributed by atoms with Crippen LogP contribution >= 0.6 is 0 Å². The van der Waals surface area contributed by atoms with Gasteiger partial charge in [0.1, 0.15) is 12.1 Å². The first-order valence-corrected chi connectivity index (χ1v) is 7.39. The molecule has 2 aromatic heterocycles. The minimum absolute atomic E-state index is 0.184. The third kappa shape index (κ3) is 2.73. The Kier molecular flexibility index (Phi) is 3.49. The van der Waals surface area contributed by atoms with Gasteiger partial charge in [0.2, 0.25) is 0 Å². The molecule has 10 heteroatoms. The summed E-state index contributed by atoms with van der Waals surface area (Å²) in [5.41, 5.74) is 6.91. The van der Waals surface area contributed by atoms with Crippen molar-refractivity contribution in [3.63, 3.8) is 0 Å². The third-order valence-corrected chi connectivity index (χ3v) is 3.73. The van der Waals surface area contributed by atoms with Crippen LogP contribution in [-0.2, 0) is 0 Å². The number of nitrogens with one attached hydrogen (secondary N) is 2. The van der Waals surface area contributed by atoms with Crippen molar-refractivity contribution < 1.29 is 14.8 Å². The van der Waals surface area contributed by atoms with Crippen LogP contribution in [0.4, 0.5) is 5.69 Å². The number of nitrogens with zero attached hydrogens (tertiary/aromatic N) is 6. The van der Waals surface area contributed by atoms with Crippen LogP contribution in [0.1, 0.15) is 10.4 Å². The molecule has 0 radical (unpaired) electrons. The second-order valence-corrected chi connectivity index (χ2v) is 5.29. The summed E-state index contributed by atoms with van der Waals surface area (Å²) in [5.74, 6) is 0.260. The van der Waals surface area contributed by atoms with E-state index in [2.05, 4.69) is 31.1 Å². The van der Waals surface area contributed by atoms with Gasteiger partial charge in [0, 0.05) is 23.5 Å². The zero-order valence-electron chi connectivity index (χ0n) is 12.9. The molecular formula is C15H13N8O2+. The number of fused-ring (bicyclic) bond motifs is 1. The summed E-state index contributed by atoms with van der Waals surface area (Å²) >= 11 is 0. The molecule has 3 N–H and O–H groups in total. The highest BCUT2D eigenvalue weighted by molar-refractivity contribution is 6.09. The molecule has 1 amide bonds. The number of rotatable bonds is 4. The van der Waals surface area contributed by atoms with Crippen LogP contribution in [-0.4, -0.2) is 43.2 Å². The molecule has 0 unspecified atom stereocenters. The van der Waals surface area contributed by atoms with Crippen molar-refractivity contribution >= 4 is 28.3 Å². The number of amides is 1. The van der Waals surface area contributed by atoms with Crippen LogP contribution in [0, 0.1) is 0 Å². The Labute approximate surface area is 141 Å². The Morgan fingerprint density at radius 2 is 2.24 bits per heavy atom. The quantitative estimate of drug-likeness (QED) is 0.468. The van der Waals surface area contributed by atoms with Crippen molar-refractivity contribution in [2.45, 2.75) is 0 Å². The van der Waals surface area contributed by atoms with E-state index < -0.39 is 0 Å². The predicted octanol–water partition coefficient (Wildman–Crippen LogP) is 0.397. The smallest absolute Gasteiger partial charge is 0.368 e. The number of carbonyl (C=O) groups excluding carboxylic acids is 1. The molecule has 124 valence electrons. The lowest BCUT2D eigenvalue weighted by atomic mass is 10.2. The zero-order chi connectivity index (χ0) is 17.2. The van der Waals surface area contributed by atoms with Crippen LogP contribution in [0.2, 0.25) is 0 Å². The van der Waals surface area contributed by atoms with Gasteiger partial charge in [0.25, 0.3) is 5.91 Å². The molecular weight excluding hydrogens is 324 g/mol. The molecule has 10 nitrogen and oxygen atoms in total. The third-order valence-electron chi connectivity index (χ3n) is 3.73. The molecule has 0 aliphatic carbocycles. The summed E-state index contributed by atoms with van der Waals surface area (Å²) < 4.78 is 0. The first-order valence-electron chi connectivity index (χ1n) is 7.39. The molecule has 0 spiro atoms. The molecule has 3 aromatic rings. The number of aromatic nitrogens is 3. The fraction of sp³-hybridized carbons (Fsp3) is 0.0667. The van der Waals surface area contributed by atoms with E-state index in [1.807, 2.05) is 0 Å². The van der Waals surface area contributed by atoms with Gasteiger partial charge in [0.05, 0.1) is 11.8 Å². The van der Waals surface area contributed by atoms with Crippen LogP contribution < -0.4 is 15.9 Å². The second-order valence-electron chi connectivity index (χ2n) is 5.29. The molecule has 1 aliphatic heterocycles. The Hall–Kier alpha value is -3.91. The summed E-state index contributed by atoms with van der Waals surface area (Å²) in [6.07, 6.45) is 4.63. The first-order chi connectivity index (χ1) is 12.2. The maximum atomic E-state index is 13.0. The average Bonchev–Trinajstić information content (AvgIpc) is 3.29. The fourth-order valence-corrected chi connectivity index (χ4v) is 2.52. The Morgan fingerprint density at radius 3 is 3.00 bits per heavy atom. The maximum Gasteiger partial charge on any atom is 0.368 e. The van der Waals surface area contributed by atoms with Crippen LogP contribution in [0.5, 0.6) is 0 Å². The summed E-state index contributed by atoms with van der Waals surface area (Å²) in [6.45, 7) is 0.184. The number of hydrazine groups is 1. The molecule has 1 aromatic carbocycles. The van der Waals surface area contributed by atoms with E-state index in [9.17, 15) is 10.0 Å². The molecule has 0 atom stereocenters. The summed E-state index contributed by atoms with van der Waals surface area (Å²) in [6, 6.07) is 8.58. The van der Waals surface area contributed by atoms with E-state index in [4.69, 9.17) is 0 Å². The second kappa shape index (κ2) is 5.95. The summed E-state index contributed by atoms with van der Waals surface area (Å²) in [5, 5.41) is 17.8. The van der Waals surface area contributed by atoms with Crippen molar-refractivity contribution in [1.29, 1.82) is 0 Å². The van der Waals surface area contributed by atoms with Gasteiger partial charge < -0.3 is 5.21 Å². The van der Waals surface area contributed by atoms with E-state index >= 15 is 0 Å². The molecule has 3 heterocycles. The standard InChI is InChI=1S/C15H12N8O2/c24-15(10-2-1-5-16-7-10)22(9-14-18-20-21-19-14)12-3-4-13-11(6-12)8-17-23(13)25/h1-8,25H,9H2,(H,18,19,20,21)/p+1. The fourth-order valence-electron chi connectivity index (χ4n) is 2.52. The van der Waals surface area contributed by atoms with Crippen LogP contribution in [0.25, 0.3) is 10.9 Å². The average molecular weight is 337 g/mol. The topological polar surface area (TPSA) is 122 Å². The Balaban J connectivity index is 1.75. The van der Waals surface area contributed by atoms with Crippen molar-refractivity contribution in [2.75, 3.05) is 11.4 Å². The predicted molar refractivity (Wildman–Crippen MR) is 86.8 cm³/mol. The van der Waals surface area contributed by atoms with Crippen molar-refractivity contribution in [3.8, 4) is 0 Å². The van der Waals surface area contributed by atoms with Crippen LogP contribution in [0.3, 0.4) is 0 Å². The van der Waals surface area contributed by atoms with Crippen LogP contribution in [0.15, 0.2) is 54.1 Å². The maximum absolute atomic E-state index is 13.0. The van der Waals surface area contributed by atoms with E-state index in [1.165, 1.54) is 12.4 Å². The number of amidine groups is 1. The van der Waals surface area contributed by atoms with Gasteiger partial charge in [0.15, 0.2) is 5.22 Å². The van der Waals surface area contributed by atoms with Gasteiger partial charge in [-0.2, -0.15) is 0 Å². The van der Waals surface area contributed by atoms with Gasteiger partial charge in [-0.15, -0.1) is 20.2 Å². The molecule has 4 rings (SSSR count). The lowest BCUT2D eigenvalue weighted by Gasteiger charge is -2.20. The molecule has 0 saturated heterocycles. The minimum atomic E-state index is -0.236. The number of hydrogen-bond donors (Lipinski definition) is 3. The van der Waals surface area contributed by atoms with Gasteiger partial charge in [-0.25, -0.2) is 0 Å². The lowest BCUT2D eigenvalue weighted by Crippen LogP contribution is -2.42. The van der Waals surface area contributed by atoms with Gasteiger partial charge >= 0.3 is 5.84 Å². The minimum Gasteiger partial charge on any atom is -0.411 e. The normalized spacial score (nSPS) is 12.6. The molecule has 0 fully saturated rings. The van der Waals surface area contributed by atoms with E-state index in [0.717, 1.165) is 4.85 Å². The van der Waals surface area contributed by atoms with Crippen molar-refractivity contribution in [1.82, 2.24) is 25.9 Å². The summed E-state index contributed by atoms with van der Waals surface area (Å²) in [4.78, 5) is 23.2. The number of benzene rings is 1. The van der Waals surface area contributed by atoms with Gasteiger partial charge in [-0.1, -0.05) is 5.53 Å². The molecule has 0 saturated carbocycles. The highest BCUT2D eigenvalue weighted by Gasteiger charge is 2.25. The number of carbonyl (C=O) groups is 1. The summed E-state index contributed by atoms with van der Waals surface area (Å²) in [7, 11) is 0. The highest BCUT2D eigenvalue weighted by atomic mass is 16.5. The van der Waals surface area contributed by atoms with E-state index in [0.29, 0.717) is 28.0 Å². The number of hydrogen-bond acceptors (Lipinski definition) is 7. The van der Waals surface area contributed by atoms with E-state index in [1.54, 1.807) is 41.4 Å². The largest absolute Gasteiger partial charge is 0.411 e. The lowest BCUT2D eigenvalue weighted by molar-refractivity contribution is -0.0873. The SMILES string of the molecule is O=C(c1cccnc1)N(CC1=[N+]=NNN1)c1ccc2c(cnn2O)c1. The number of anilines is 1. The van der Waals surface area contributed by atoms with Crippen molar-refractivity contribution in [3.05, 3.63) is 54.5 Å². The molecule has 25 heavy (non-hydrogen) atoms. The monoisotopic (exact) mass is 337 g/mol. The first kappa shape index (κ1) is 14.7. The van der Waals surface area contributed by atoms with Gasteiger partial charge in [-0.3, -0.25) is 14.7 Å².